The summed E-state index contributed by atoms with van der Waals surface area (Å²) >= 11 is 0. The number of hydrogen-bond acceptors (Lipinski definition) is 3. The van der Waals surface area contributed by atoms with Crippen molar-refractivity contribution in [3.8, 4) is 0 Å². The van der Waals surface area contributed by atoms with Crippen molar-refractivity contribution in [3.05, 3.63) is 0 Å². The van der Waals surface area contributed by atoms with E-state index >= 15 is 0 Å². The summed E-state index contributed by atoms with van der Waals surface area (Å²) in [4.78, 5) is 0. The van der Waals surface area contributed by atoms with Crippen molar-refractivity contribution in [2.24, 2.45) is 0 Å². The van der Waals surface area contributed by atoms with Gasteiger partial charge in [0.05, 0.1) is 6.61 Å². The average molecular weight is 132 g/mol. The molecule has 1 saturated heterocycles. The second-order valence-corrected chi connectivity index (χ2v) is 2.43. The molecule has 9 heavy (non-hydrogen) atoms. The Balaban J connectivity index is 2.36. The first-order valence-corrected chi connectivity index (χ1v) is 3.15. The SMILES string of the molecule is CC1(O)COCCCO1. The molecule has 0 bridgehead atoms. The lowest BCUT2D eigenvalue weighted by Gasteiger charge is -2.19. The molecule has 0 spiro atoms. The maximum Gasteiger partial charge on any atom is 0.186 e. The van der Waals surface area contributed by atoms with Crippen molar-refractivity contribution in [1.82, 2.24) is 0 Å². The number of rotatable bonds is 0. The van der Waals surface area contributed by atoms with E-state index in [1.54, 1.807) is 6.92 Å². The molecule has 1 unspecified atom stereocenters. The van der Waals surface area contributed by atoms with E-state index in [9.17, 15) is 5.11 Å². The minimum atomic E-state index is -1.06. The van der Waals surface area contributed by atoms with Crippen LogP contribution in [0.1, 0.15) is 13.3 Å². The van der Waals surface area contributed by atoms with Crippen LogP contribution in [0.5, 0.6) is 0 Å². The Labute approximate surface area is 54.6 Å². The third-order valence-electron chi connectivity index (χ3n) is 1.22. The second kappa shape index (κ2) is 2.64. The van der Waals surface area contributed by atoms with Gasteiger partial charge in [0.25, 0.3) is 0 Å². The first-order valence-electron chi connectivity index (χ1n) is 3.15. The molecule has 1 fully saturated rings. The summed E-state index contributed by atoms with van der Waals surface area (Å²) in [5.74, 6) is -1.06. The Bertz CT molecular complexity index is 80.3. The molecule has 1 heterocycles. The Morgan fingerprint density at radius 2 is 2.22 bits per heavy atom. The predicted molar refractivity (Wildman–Crippen MR) is 32.0 cm³/mol. The van der Waals surface area contributed by atoms with E-state index in [-0.39, 0.29) is 6.61 Å². The molecule has 0 aromatic heterocycles. The predicted octanol–water partition coefficient (Wildman–Crippen LogP) is 0.132. The highest BCUT2D eigenvalue weighted by molar-refractivity contribution is 4.60. The van der Waals surface area contributed by atoms with Crippen LogP contribution in [-0.4, -0.2) is 30.7 Å². The molecule has 0 aliphatic carbocycles. The van der Waals surface area contributed by atoms with Gasteiger partial charge in [0.1, 0.15) is 6.61 Å². The van der Waals surface area contributed by atoms with Crippen molar-refractivity contribution < 1.29 is 14.6 Å². The molecule has 1 aliphatic heterocycles. The van der Waals surface area contributed by atoms with Crippen LogP contribution in [0, 0.1) is 0 Å². The normalized spacial score (nSPS) is 38.0. The van der Waals surface area contributed by atoms with Crippen LogP contribution in [-0.2, 0) is 9.47 Å². The molecule has 1 aliphatic rings. The zero-order chi connectivity index (χ0) is 6.74. The summed E-state index contributed by atoms with van der Waals surface area (Å²) in [7, 11) is 0. The maximum atomic E-state index is 9.21. The van der Waals surface area contributed by atoms with E-state index in [0.717, 1.165) is 6.42 Å². The van der Waals surface area contributed by atoms with Crippen LogP contribution < -0.4 is 0 Å². The molecule has 1 rings (SSSR count). The minimum Gasteiger partial charge on any atom is -0.376 e. The molecular weight excluding hydrogens is 120 g/mol. The van der Waals surface area contributed by atoms with Crippen LogP contribution in [0.4, 0.5) is 0 Å². The first-order chi connectivity index (χ1) is 4.21. The lowest BCUT2D eigenvalue weighted by atomic mass is 10.3. The molecule has 3 heteroatoms. The van der Waals surface area contributed by atoms with Gasteiger partial charge in [-0.1, -0.05) is 0 Å². The van der Waals surface area contributed by atoms with Gasteiger partial charge in [-0.2, -0.15) is 0 Å². The van der Waals surface area contributed by atoms with Gasteiger partial charge < -0.3 is 14.6 Å². The molecule has 0 radical (unpaired) electrons. The van der Waals surface area contributed by atoms with E-state index in [1.807, 2.05) is 0 Å². The van der Waals surface area contributed by atoms with E-state index in [4.69, 9.17) is 9.47 Å². The monoisotopic (exact) mass is 132 g/mol. The second-order valence-electron chi connectivity index (χ2n) is 2.43. The fourth-order valence-electron chi connectivity index (χ4n) is 0.756. The summed E-state index contributed by atoms with van der Waals surface area (Å²) in [5.41, 5.74) is 0. The van der Waals surface area contributed by atoms with Crippen molar-refractivity contribution in [1.29, 1.82) is 0 Å². The zero-order valence-electron chi connectivity index (χ0n) is 5.59. The number of ether oxygens (including phenoxy) is 2. The lowest BCUT2D eigenvalue weighted by Crippen LogP contribution is -2.32. The van der Waals surface area contributed by atoms with Crippen LogP contribution in [0.3, 0.4) is 0 Å². The van der Waals surface area contributed by atoms with Crippen molar-refractivity contribution in [2.45, 2.75) is 19.1 Å². The molecule has 54 valence electrons. The Morgan fingerprint density at radius 1 is 1.44 bits per heavy atom. The third kappa shape index (κ3) is 2.30. The Morgan fingerprint density at radius 3 is 3.00 bits per heavy atom. The van der Waals surface area contributed by atoms with Crippen LogP contribution >= 0.6 is 0 Å². The lowest BCUT2D eigenvalue weighted by molar-refractivity contribution is -0.203. The van der Waals surface area contributed by atoms with Gasteiger partial charge in [-0.3, -0.25) is 0 Å². The van der Waals surface area contributed by atoms with Gasteiger partial charge in [-0.05, 0) is 13.3 Å². The molecule has 3 nitrogen and oxygen atoms in total. The topological polar surface area (TPSA) is 38.7 Å². The minimum absolute atomic E-state index is 0.285. The summed E-state index contributed by atoms with van der Waals surface area (Å²) < 4.78 is 10.1. The van der Waals surface area contributed by atoms with Gasteiger partial charge in [-0.25, -0.2) is 0 Å². The maximum absolute atomic E-state index is 9.21. The van der Waals surface area contributed by atoms with Gasteiger partial charge >= 0.3 is 0 Å². The highest BCUT2D eigenvalue weighted by Gasteiger charge is 2.22. The molecule has 1 atom stereocenters. The van der Waals surface area contributed by atoms with Gasteiger partial charge in [0, 0.05) is 6.61 Å². The van der Waals surface area contributed by atoms with Crippen molar-refractivity contribution in [3.63, 3.8) is 0 Å². The van der Waals surface area contributed by atoms with Crippen LogP contribution in [0.2, 0.25) is 0 Å². The third-order valence-corrected chi connectivity index (χ3v) is 1.22. The number of aliphatic hydroxyl groups is 1. The highest BCUT2D eigenvalue weighted by Crippen LogP contribution is 2.10. The van der Waals surface area contributed by atoms with Crippen LogP contribution in [0.15, 0.2) is 0 Å². The summed E-state index contributed by atoms with van der Waals surface area (Å²) in [6, 6.07) is 0. The summed E-state index contributed by atoms with van der Waals surface area (Å²) in [5, 5.41) is 9.21. The number of hydrogen-bond donors (Lipinski definition) is 1. The van der Waals surface area contributed by atoms with E-state index < -0.39 is 5.79 Å². The Kier molecular flexibility index (Phi) is 2.05. The summed E-state index contributed by atoms with van der Waals surface area (Å²) in [6.07, 6.45) is 0.871. The molecule has 0 aromatic carbocycles. The zero-order valence-corrected chi connectivity index (χ0v) is 5.59. The van der Waals surface area contributed by atoms with Crippen molar-refractivity contribution in [2.75, 3.05) is 19.8 Å². The fraction of sp³-hybridized carbons (Fsp3) is 1.00. The fourth-order valence-corrected chi connectivity index (χ4v) is 0.756. The van der Waals surface area contributed by atoms with Gasteiger partial charge in [0.15, 0.2) is 5.79 Å². The molecule has 0 aromatic rings. The Hall–Kier alpha value is -0.120. The molecule has 0 amide bonds. The van der Waals surface area contributed by atoms with Crippen LogP contribution in [0.25, 0.3) is 0 Å². The standard InChI is InChI=1S/C6H12O3/c1-6(7)5-8-3-2-4-9-6/h7H,2-5H2,1H3. The molecule has 1 N–H and O–H groups in total. The van der Waals surface area contributed by atoms with E-state index in [2.05, 4.69) is 0 Å². The van der Waals surface area contributed by atoms with Gasteiger partial charge in [0.2, 0.25) is 0 Å². The smallest absolute Gasteiger partial charge is 0.186 e. The highest BCUT2D eigenvalue weighted by atomic mass is 16.7. The van der Waals surface area contributed by atoms with E-state index in [1.165, 1.54) is 0 Å². The van der Waals surface area contributed by atoms with E-state index in [0.29, 0.717) is 13.2 Å². The average Bonchev–Trinajstić information content (AvgIpc) is 1.92. The van der Waals surface area contributed by atoms with Crippen molar-refractivity contribution >= 4 is 0 Å². The van der Waals surface area contributed by atoms with Gasteiger partial charge in [-0.15, -0.1) is 0 Å². The summed E-state index contributed by atoms with van der Waals surface area (Å²) in [6.45, 7) is 3.18. The largest absolute Gasteiger partial charge is 0.376 e. The first kappa shape index (κ1) is 6.99. The molecular formula is C6H12O3. The quantitative estimate of drug-likeness (QED) is 0.509. The molecule has 0 saturated carbocycles.